The number of aromatic carboxylic acids is 1. The maximum absolute atomic E-state index is 11.4. The van der Waals surface area contributed by atoms with Crippen LogP contribution < -0.4 is 10.5 Å². The molecule has 0 radical (unpaired) electrons. The summed E-state index contributed by atoms with van der Waals surface area (Å²) in [6.07, 6.45) is 0.978. The standard InChI is InChI=1S/C11H11N3O5S/c1-20(18,19)14-5-2-3-7-6(4-5)8(10(12)15)9(13-7)11(16)17/h2-4,13-14H,1H3,(H2,12,15)(H,16,17). The van der Waals surface area contributed by atoms with E-state index in [0.717, 1.165) is 6.26 Å². The van der Waals surface area contributed by atoms with Crippen LogP contribution in [0, 0.1) is 0 Å². The number of rotatable bonds is 4. The molecule has 0 aliphatic rings. The van der Waals surface area contributed by atoms with Crippen molar-refractivity contribution in [3.63, 3.8) is 0 Å². The summed E-state index contributed by atoms with van der Waals surface area (Å²) < 4.78 is 24.6. The Morgan fingerprint density at radius 2 is 2.00 bits per heavy atom. The first kappa shape index (κ1) is 13.9. The molecule has 0 atom stereocenters. The maximum atomic E-state index is 11.4. The molecule has 2 rings (SSSR count). The van der Waals surface area contributed by atoms with Crippen LogP contribution in [0.4, 0.5) is 5.69 Å². The van der Waals surface area contributed by atoms with E-state index in [4.69, 9.17) is 10.8 Å². The first-order chi connectivity index (χ1) is 9.19. The van der Waals surface area contributed by atoms with E-state index in [9.17, 15) is 18.0 Å². The molecule has 0 saturated heterocycles. The molecule has 5 N–H and O–H groups in total. The van der Waals surface area contributed by atoms with Gasteiger partial charge in [-0.2, -0.15) is 0 Å². The number of sulfonamides is 1. The van der Waals surface area contributed by atoms with E-state index in [2.05, 4.69) is 9.71 Å². The molecule has 0 unspecified atom stereocenters. The molecule has 0 saturated carbocycles. The number of primary amides is 1. The van der Waals surface area contributed by atoms with Gasteiger partial charge in [-0.25, -0.2) is 13.2 Å². The first-order valence-electron chi connectivity index (χ1n) is 5.35. The third-order valence-corrected chi connectivity index (χ3v) is 3.17. The van der Waals surface area contributed by atoms with E-state index >= 15 is 0 Å². The fraction of sp³-hybridized carbons (Fsp3) is 0.0909. The van der Waals surface area contributed by atoms with Crippen molar-refractivity contribution in [3.05, 3.63) is 29.5 Å². The Bertz CT molecular complexity index is 822. The molecule has 20 heavy (non-hydrogen) atoms. The Balaban J connectivity index is 2.70. The SMILES string of the molecule is CS(=O)(=O)Nc1ccc2[nH]c(C(=O)O)c(C(N)=O)c2c1. The zero-order valence-corrected chi connectivity index (χ0v) is 11.1. The van der Waals surface area contributed by atoms with Gasteiger partial charge in [-0.3, -0.25) is 9.52 Å². The van der Waals surface area contributed by atoms with Crippen LogP contribution in [-0.4, -0.2) is 36.6 Å². The molecule has 0 aliphatic heterocycles. The zero-order chi connectivity index (χ0) is 15.1. The molecule has 0 aliphatic carbocycles. The summed E-state index contributed by atoms with van der Waals surface area (Å²) in [6.45, 7) is 0. The first-order valence-corrected chi connectivity index (χ1v) is 7.25. The van der Waals surface area contributed by atoms with E-state index < -0.39 is 21.9 Å². The van der Waals surface area contributed by atoms with Gasteiger partial charge in [0, 0.05) is 16.6 Å². The van der Waals surface area contributed by atoms with E-state index in [1.165, 1.54) is 18.2 Å². The van der Waals surface area contributed by atoms with Gasteiger partial charge >= 0.3 is 5.97 Å². The van der Waals surface area contributed by atoms with Crippen molar-refractivity contribution >= 4 is 38.5 Å². The smallest absolute Gasteiger partial charge is 0.353 e. The van der Waals surface area contributed by atoms with Gasteiger partial charge in [-0.15, -0.1) is 0 Å². The van der Waals surface area contributed by atoms with Gasteiger partial charge in [0.2, 0.25) is 10.0 Å². The summed E-state index contributed by atoms with van der Waals surface area (Å²) in [6, 6.07) is 4.25. The van der Waals surface area contributed by atoms with E-state index in [1.54, 1.807) is 0 Å². The number of carboxylic acid groups (broad SMARTS) is 1. The number of carbonyl (C=O) groups is 2. The van der Waals surface area contributed by atoms with Crippen molar-refractivity contribution in [1.29, 1.82) is 0 Å². The van der Waals surface area contributed by atoms with Crippen LogP contribution in [0.25, 0.3) is 10.9 Å². The second-order valence-electron chi connectivity index (χ2n) is 4.18. The molecule has 0 fully saturated rings. The highest BCUT2D eigenvalue weighted by Crippen LogP contribution is 2.26. The average molecular weight is 297 g/mol. The van der Waals surface area contributed by atoms with Crippen molar-refractivity contribution in [2.45, 2.75) is 0 Å². The van der Waals surface area contributed by atoms with E-state index in [0.29, 0.717) is 5.52 Å². The van der Waals surface area contributed by atoms with Crippen LogP contribution in [-0.2, 0) is 10.0 Å². The van der Waals surface area contributed by atoms with Crippen molar-refractivity contribution in [1.82, 2.24) is 4.98 Å². The number of benzene rings is 1. The summed E-state index contributed by atoms with van der Waals surface area (Å²) in [7, 11) is -3.48. The summed E-state index contributed by atoms with van der Waals surface area (Å²) in [5, 5.41) is 9.26. The van der Waals surface area contributed by atoms with Crippen LogP contribution in [0.5, 0.6) is 0 Å². The molecule has 106 valence electrons. The van der Waals surface area contributed by atoms with Gasteiger partial charge in [0.05, 0.1) is 11.8 Å². The molecule has 2 aromatic rings. The molecular weight excluding hydrogens is 286 g/mol. The number of nitrogens with two attached hydrogens (primary N) is 1. The normalized spacial score (nSPS) is 11.4. The Kier molecular flexibility index (Phi) is 3.14. The number of nitrogens with one attached hydrogen (secondary N) is 2. The van der Waals surface area contributed by atoms with Gasteiger partial charge in [0.15, 0.2) is 0 Å². The topological polar surface area (TPSA) is 142 Å². The highest BCUT2D eigenvalue weighted by atomic mass is 32.2. The van der Waals surface area contributed by atoms with Gasteiger partial charge in [-0.05, 0) is 18.2 Å². The molecule has 9 heteroatoms. The Labute approximate surface area is 113 Å². The summed E-state index contributed by atoms with van der Waals surface area (Å²) >= 11 is 0. The predicted molar refractivity (Wildman–Crippen MR) is 72.2 cm³/mol. The molecule has 1 aromatic heterocycles. The fourth-order valence-corrected chi connectivity index (χ4v) is 2.44. The van der Waals surface area contributed by atoms with Crippen LogP contribution in [0.1, 0.15) is 20.8 Å². The van der Waals surface area contributed by atoms with Gasteiger partial charge in [0.25, 0.3) is 5.91 Å². The molecule has 1 heterocycles. The number of anilines is 1. The number of fused-ring (bicyclic) bond motifs is 1. The number of H-pyrrole nitrogens is 1. The summed E-state index contributed by atoms with van der Waals surface area (Å²) in [5.41, 5.74) is 5.24. The van der Waals surface area contributed by atoms with Gasteiger partial charge < -0.3 is 15.8 Å². The minimum Gasteiger partial charge on any atom is -0.477 e. The van der Waals surface area contributed by atoms with E-state index in [1.807, 2.05) is 0 Å². The van der Waals surface area contributed by atoms with Crippen LogP contribution in [0.15, 0.2) is 18.2 Å². The lowest BCUT2D eigenvalue weighted by Crippen LogP contribution is -2.15. The number of hydrogen-bond donors (Lipinski definition) is 4. The number of carbonyl (C=O) groups excluding carboxylic acids is 1. The van der Waals surface area contributed by atoms with E-state index in [-0.39, 0.29) is 22.3 Å². The van der Waals surface area contributed by atoms with Gasteiger partial charge in [-0.1, -0.05) is 0 Å². The van der Waals surface area contributed by atoms with Gasteiger partial charge in [0.1, 0.15) is 5.69 Å². The predicted octanol–water partition coefficient (Wildman–Crippen LogP) is 0.336. The fourth-order valence-electron chi connectivity index (χ4n) is 1.89. The minimum absolute atomic E-state index is 0.190. The second kappa shape index (κ2) is 4.53. The lowest BCUT2D eigenvalue weighted by atomic mass is 10.1. The Morgan fingerprint density at radius 3 is 2.50 bits per heavy atom. The number of aromatic amines is 1. The monoisotopic (exact) mass is 297 g/mol. The van der Waals surface area contributed by atoms with Crippen LogP contribution in [0.3, 0.4) is 0 Å². The van der Waals surface area contributed by atoms with Crippen molar-refractivity contribution in [2.24, 2.45) is 5.73 Å². The largest absolute Gasteiger partial charge is 0.477 e. The summed E-state index contributed by atoms with van der Waals surface area (Å²) in [5.74, 6) is -2.24. The highest BCUT2D eigenvalue weighted by Gasteiger charge is 2.21. The second-order valence-corrected chi connectivity index (χ2v) is 5.93. The summed E-state index contributed by atoms with van der Waals surface area (Å²) in [4.78, 5) is 25.0. The average Bonchev–Trinajstić information content (AvgIpc) is 2.65. The third kappa shape index (κ3) is 2.57. The lowest BCUT2D eigenvalue weighted by Gasteiger charge is -2.03. The molecule has 8 nitrogen and oxygen atoms in total. The van der Waals surface area contributed by atoms with Crippen LogP contribution in [0.2, 0.25) is 0 Å². The third-order valence-electron chi connectivity index (χ3n) is 2.56. The van der Waals surface area contributed by atoms with Crippen molar-refractivity contribution < 1.29 is 23.1 Å². The Morgan fingerprint density at radius 1 is 1.35 bits per heavy atom. The lowest BCUT2D eigenvalue weighted by molar-refractivity contribution is 0.0687. The molecule has 0 bridgehead atoms. The molecular formula is C11H11N3O5S. The molecule has 1 amide bonds. The highest BCUT2D eigenvalue weighted by molar-refractivity contribution is 7.92. The minimum atomic E-state index is -3.48. The Hall–Kier alpha value is -2.55. The van der Waals surface area contributed by atoms with Crippen molar-refractivity contribution in [2.75, 3.05) is 11.0 Å². The number of amides is 1. The zero-order valence-electron chi connectivity index (χ0n) is 10.3. The van der Waals surface area contributed by atoms with Crippen LogP contribution >= 0.6 is 0 Å². The maximum Gasteiger partial charge on any atom is 0.353 e. The molecule has 0 spiro atoms. The number of aromatic nitrogens is 1. The molecule has 1 aromatic carbocycles. The quantitative estimate of drug-likeness (QED) is 0.643. The number of hydrogen-bond acceptors (Lipinski definition) is 4. The number of carboxylic acids is 1. The van der Waals surface area contributed by atoms with Crippen molar-refractivity contribution in [3.8, 4) is 0 Å².